The summed E-state index contributed by atoms with van der Waals surface area (Å²) in [5.74, 6) is 0.637. The lowest BCUT2D eigenvalue weighted by atomic mass is 10.1. The van der Waals surface area contributed by atoms with Crippen LogP contribution in [0.15, 0.2) is 43.7 Å². The third-order valence-electron chi connectivity index (χ3n) is 4.24. The lowest BCUT2D eigenvalue weighted by molar-refractivity contribution is 0.393. The van der Waals surface area contributed by atoms with Crippen LogP contribution in [0.25, 0.3) is 11.5 Å². The number of nitrogens with zero attached hydrogens (tertiary/aromatic N) is 3. The fraction of sp³-hybridized carbons (Fsp3) is 0.150. The molecule has 0 N–H and O–H groups in total. The van der Waals surface area contributed by atoms with Gasteiger partial charge < -0.3 is 13.7 Å². The Morgan fingerprint density at radius 2 is 1.93 bits per heavy atom. The van der Waals surface area contributed by atoms with Gasteiger partial charge in [-0.05, 0) is 38.1 Å². The van der Waals surface area contributed by atoms with E-state index in [1.54, 1.807) is 38.1 Å². The molecule has 0 radical (unpaired) electrons. The summed E-state index contributed by atoms with van der Waals surface area (Å²) in [4.78, 5) is 0. The van der Waals surface area contributed by atoms with Crippen molar-refractivity contribution in [2.45, 2.75) is 20.3 Å². The molecule has 6 nitrogen and oxygen atoms in total. The number of benzene rings is 2. The summed E-state index contributed by atoms with van der Waals surface area (Å²) < 4.78 is 32.3. The standard InChI is InChI=1S/C20H13BrCl2FN3O3/c1-9-17(10(2)30-27-9)20-26-25-16(29-20)5-11-3-4-15(23)19(18(11)24)28-14-7-12(21)6-13(22)8-14/h3-4,6-8H,5H2,1-2H3. The molecule has 0 unspecified atom stereocenters. The van der Waals surface area contributed by atoms with Gasteiger partial charge in [-0.1, -0.05) is 50.4 Å². The number of aromatic nitrogens is 3. The van der Waals surface area contributed by atoms with Gasteiger partial charge in [0.1, 0.15) is 17.1 Å². The average Bonchev–Trinajstić information content (AvgIpc) is 3.26. The summed E-state index contributed by atoms with van der Waals surface area (Å²) in [5.41, 5.74) is 1.54. The maximum atomic E-state index is 15.1. The van der Waals surface area contributed by atoms with Crippen LogP contribution >= 0.6 is 39.1 Å². The van der Waals surface area contributed by atoms with E-state index in [-0.39, 0.29) is 34.5 Å². The van der Waals surface area contributed by atoms with Crippen molar-refractivity contribution in [1.29, 1.82) is 0 Å². The number of halogens is 4. The molecule has 0 atom stereocenters. The van der Waals surface area contributed by atoms with E-state index in [1.807, 2.05) is 0 Å². The Morgan fingerprint density at radius 1 is 1.13 bits per heavy atom. The first-order valence-corrected chi connectivity index (χ1v) is 10.2. The van der Waals surface area contributed by atoms with Crippen molar-refractivity contribution in [3.63, 3.8) is 0 Å². The van der Waals surface area contributed by atoms with E-state index >= 15 is 4.39 Å². The molecule has 4 aromatic rings. The zero-order chi connectivity index (χ0) is 21.4. The highest BCUT2D eigenvalue weighted by atomic mass is 79.9. The van der Waals surface area contributed by atoms with E-state index in [2.05, 4.69) is 31.3 Å². The number of hydrogen-bond acceptors (Lipinski definition) is 6. The molecule has 0 aliphatic heterocycles. The second-order valence-electron chi connectivity index (χ2n) is 6.43. The summed E-state index contributed by atoms with van der Waals surface area (Å²) in [6, 6.07) is 7.98. The minimum Gasteiger partial charge on any atom is -0.453 e. The first-order valence-electron chi connectivity index (χ1n) is 8.68. The fourth-order valence-electron chi connectivity index (χ4n) is 2.89. The van der Waals surface area contributed by atoms with Gasteiger partial charge in [0.2, 0.25) is 5.89 Å². The first kappa shape index (κ1) is 20.8. The van der Waals surface area contributed by atoms with Gasteiger partial charge in [-0.25, -0.2) is 4.39 Å². The summed E-state index contributed by atoms with van der Waals surface area (Å²) in [7, 11) is 0. The predicted octanol–water partition coefficient (Wildman–Crippen LogP) is 6.93. The molecule has 154 valence electrons. The smallest absolute Gasteiger partial charge is 0.253 e. The van der Waals surface area contributed by atoms with Crippen LogP contribution < -0.4 is 4.74 Å². The molecule has 30 heavy (non-hydrogen) atoms. The maximum Gasteiger partial charge on any atom is 0.253 e. The molecule has 0 fully saturated rings. The average molecular weight is 513 g/mol. The van der Waals surface area contributed by atoms with Crippen LogP contribution in [0.4, 0.5) is 4.39 Å². The minimum atomic E-state index is -0.629. The van der Waals surface area contributed by atoms with E-state index < -0.39 is 5.82 Å². The van der Waals surface area contributed by atoms with Crippen LogP contribution in [-0.2, 0) is 6.42 Å². The van der Waals surface area contributed by atoms with Crippen molar-refractivity contribution in [3.05, 3.63) is 73.6 Å². The highest BCUT2D eigenvalue weighted by Crippen LogP contribution is 2.36. The molecule has 0 saturated carbocycles. The Hall–Kier alpha value is -2.42. The molecular formula is C20H13BrCl2FN3O3. The van der Waals surface area contributed by atoms with E-state index in [1.165, 1.54) is 6.07 Å². The Kier molecular flexibility index (Phi) is 5.81. The SMILES string of the molecule is Cc1noc(C)c1-c1nnc(Cc2ccc(Cl)c(Oc3cc(Cl)cc(Br)c3)c2F)o1. The molecule has 0 bridgehead atoms. The summed E-state index contributed by atoms with van der Waals surface area (Å²) >= 11 is 15.5. The molecule has 2 heterocycles. The highest BCUT2D eigenvalue weighted by Gasteiger charge is 2.21. The molecule has 0 spiro atoms. The van der Waals surface area contributed by atoms with E-state index in [0.717, 1.165) is 0 Å². The third kappa shape index (κ3) is 4.21. The number of hydrogen-bond donors (Lipinski definition) is 0. The molecule has 0 amide bonds. The number of rotatable bonds is 5. The Balaban J connectivity index is 1.62. The van der Waals surface area contributed by atoms with Crippen molar-refractivity contribution in [2.75, 3.05) is 0 Å². The summed E-state index contributed by atoms with van der Waals surface area (Å²) in [5, 5.41) is 12.4. The highest BCUT2D eigenvalue weighted by molar-refractivity contribution is 9.10. The van der Waals surface area contributed by atoms with Gasteiger partial charge in [-0.15, -0.1) is 10.2 Å². The van der Waals surface area contributed by atoms with Crippen LogP contribution in [0.5, 0.6) is 11.5 Å². The maximum absolute atomic E-state index is 15.1. The van der Waals surface area contributed by atoms with Gasteiger partial charge in [0, 0.05) is 15.1 Å². The van der Waals surface area contributed by atoms with E-state index in [4.69, 9.17) is 36.9 Å². The quantitative estimate of drug-likeness (QED) is 0.288. The predicted molar refractivity (Wildman–Crippen MR) is 113 cm³/mol. The lowest BCUT2D eigenvalue weighted by Gasteiger charge is -2.12. The van der Waals surface area contributed by atoms with Crippen LogP contribution in [-0.4, -0.2) is 15.4 Å². The minimum absolute atomic E-state index is 0.0506. The molecule has 0 aliphatic rings. The molecular weight excluding hydrogens is 500 g/mol. The van der Waals surface area contributed by atoms with E-state index in [0.29, 0.717) is 32.3 Å². The summed E-state index contributed by atoms with van der Waals surface area (Å²) in [6.07, 6.45) is 0.0506. The number of ether oxygens (including phenoxy) is 1. The van der Waals surface area contributed by atoms with Gasteiger partial charge in [0.05, 0.1) is 17.1 Å². The molecule has 2 aromatic heterocycles. The molecule has 10 heteroatoms. The first-order chi connectivity index (χ1) is 14.3. The second-order valence-corrected chi connectivity index (χ2v) is 8.19. The van der Waals surface area contributed by atoms with Crippen molar-refractivity contribution < 1.29 is 18.1 Å². The third-order valence-corrected chi connectivity index (χ3v) is 5.21. The Labute approximate surface area is 189 Å². The van der Waals surface area contributed by atoms with Gasteiger partial charge in [-0.2, -0.15) is 0 Å². The molecule has 0 saturated heterocycles. The largest absolute Gasteiger partial charge is 0.453 e. The van der Waals surface area contributed by atoms with Gasteiger partial charge >= 0.3 is 0 Å². The molecule has 2 aromatic carbocycles. The zero-order valence-corrected chi connectivity index (χ0v) is 18.8. The monoisotopic (exact) mass is 511 g/mol. The van der Waals surface area contributed by atoms with Gasteiger partial charge in [0.15, 0.2) is 11.6 Å². The van der Waals surface area contributed by atoms with Crippen LogP contribution in [0.2, 0.25) is 10.0 Å². The Morgan fingerprint density at radius 3 is 2.63 bits per heavy atom. The van der Waals surface area contributed by atoms with Crippen molar-refractivity contribution in [3.8, 4) is 23.0 Å². The van der Waals surface area contributed by atoms with Crippen LogP contribution in [0.3, 0.4) is 0 Å². The Bertz CT molecular complexity index is 1200. The van der Waals surface area contributed by atoms with Crippen LogP contribution in [0, 0.1) is 19.7 Å². The summed E-state index contributed by atoms with van der Waals surface area (Å²) in [6.45, 7) is 3.52. The van der Waals surface area contributed by atoms with E-state index in [9.17, 15) is 0 Å². The lowest BCUT2D eigenvalue weighted by Crippen LogP contribution is -1.98. The van der Waals surface area contributed by atoms with Gasteiger partial charge in [-0.3, -0.25) is 0 Å². The van der Waals surface area contributed by atoms with Gasteiger partial charge in [0.25, 0.3) is 5.89 Å². The van der Waals surface area contributed by atoms with Crippen molar-refractivity contribution in [2.24, 2.45) is 0 Å². The fourth-order valence-corrected chi connectivity index (χ4v) is 3.90. The van der Waals surface area contributed by atoms with Crippen molar-refractivity contribution in [1.82, 2.24) is 15.4 Å². The molecule has 0 aliphatic carbocycles. The second kappa shape index (κ2) is 8.37. The number of aryl methyl sites for hydroxylation is 2. The van der Waals surface area contributed by atoms with Crippen LogP contribution in [0.1, 0.15) is 22.9 Å². The normalized spacial score (nSPS) is 11.1. The zero-order valence-electron chi connectivity index (χ0n) is 15.7. The topological polar surface area (TPSA) is 74.2 Å². The van der Waals surface area contributed by atoms with Crippen molar-refractivity contribution >= 4 is 39.1 Å². The molecule has 4 rings (SSSR count).